The number of nitrogens with zero attached hydrogens (tertiary/aromatic N) is 2. The minimum Gasteiger partial charge on any atom is -0.486 e. The monoisotopic (exact) mass is 605 g/mol. The van der Waals surface area contributed by atoms with Gasteiger partial charge >= 0.3 is 0 Å². The Kier molecular flexibility index (Phi) is 10.8. The Morgan fingerprint density at radius 1 is 1.02 bits per heavy atom. The summed E-state index contributed by atoms with van der Waals surface area (Å²) in [5.41, 5.74) is 1.31. The van der Waals surface area contributed by atoms with Gasteiger partial charge in [0.15, 0.2) is 11.5 Å². The third kappa shape index (κ3) is 8.52. The highest BCUT2D eigenvalue weighted by Crippen LogP contribution is 2.35. The normalized spacial score (nSPS) is 16.1. The third-order valence-corrected chi connectivity index (χ3v) is 9.02. The van der Waals surface area contributed by atoms with Crippen molar-refractivity contribution in [3.63, 3.8) is 0 Å². The molecule has 1 aliphatic carbocycles. The van der Waals surface area contributed by atoms with Crippen LogP contribution in [0.3, 0.4) is 0 Å². The Morgan fingerprint density at radius 3 is 2.37 bits per heavy atom. The van der Waals surface area contributed by atoms with Crippen molar-refractivity contribution in [3.05, 3.63) is 53.1 Å². The Balaban J connectivity index is 1.48. The van der Waals surface area contributed by atoms with E-state index in [1.165, 1.54) is 10.7 Å². The first kappa shape index (κ1) is 31.0. The average molecular weight is 606 g/mol. The highest BCUT2D eigenvalue weighted by atomic mass is 35.5. The topological polar surface area (TPSA) is 105 Å². The number of ether oxygens (including phenoxy) is 2. The first-order valence-electron chi connectivity index (χ1n) is 14.4. The zero-order valence-corrected chi connectivity index (χ0v) is 25.4. The maximum Gasteiger partial charge on any atom is 0.243 e. The first-order chi connectivity index (χ1) is 19.7. The molecule has 1 N–H and O–H groups in total. The largest absolute Gasteiger partial charge is 0.486 e. The molecular weight excluding hydrogens is 566 g/mol. The van der Waals surface area contributed by atoms with Gasteiger partial charge in [0.1, 0.15) is 19.3 Å². The van der Waals surface area contributed by atoms with Crippen molar-refractivity contribution < 1.29 is 27.5 Å². The molecule has 0 bridgehead atoms. The van der Waals surface area contributed by atoms with Crippen LogP contribution in [0.1, 0.15) is 63.9 Å². The molecule has 0 saturated heterocycles. The number of carbonyl (C=O) groups excluding carboxylic acids is 2. The Bertz CT molecular complexity index is 1300. The van der Waals surface area contributed by atoms with Gasteiger partial charge in [0.2, 0.25) is 21.8 Å². The lowest BCUT2D eigenvalue weighted by Gasteiger charge is -2.33. The van der Waals surface area contributed by atoms with Crippen molar-refractivity contribution >= 4 is 39.1 Å². The van der Waals surface area contributed by atoms with Gasteiger partial charge in [0, 0.05) is 36.6 Å². The first-order valence-corrected chi connectivity index (χ1v) is 16.6. The number of amides is 2. The summed E-state index contributed by atoms with van der Waals surface area (Å²) in [7, 11) is -3.63. The second-order valence-corrected chi connectivity index (χ2v) is 13.0. The fourth-order valence-corrected chi connectivity index (χ4v) is 6.52. The van der Waals surface area contributed by atoms with E-state index in [2.05, 4.69) is 5.32 Å². The standard InChI is InChI=1S/C30H40ClN3O6S/c1-3-26(30(36)32-24-8-5-4-6-9-24)33(21-22-11-13-23(31)14-12-22)29(35)10-7-17-34(41(2,37)38)25-15-16-27-28(20-25)40-19-18-39-27/h11-16,20,24,26H,3-10,17-19,21H2,1-2H3,(H,32,36)/t26-/m0/s1. The molecule has 2 aliphatic rings. The zero-order valence-electron chi connectivity index (χ0n) is 23.8. The molecule has 2 amide bonds. The van der Waals surface area contributed by atoms with E-state index in [4.69, 9.17) is 21.1 Å². The van der Waals surface area contributed by atoms with E-state index >= 15 is 0 Å². The van der Waals surface area contributed by atoms with Crippen molar-refractivity contribution in [3.8, 4) is 11.5 Å². The zero-order chi connectivity index (χ0) is 29.4. The van der Waals surface area contributed by atoms with Gasteiger partial charge < -0.3 is 19.7 Å². The van der Waals surface area contributed by atoms with Crippen molar-refractivity contribution in [1.29, 1.82) is 0 Å². The lowest BCUT2D eigenvalue weighted by molar-refractivity contribution is -0.141. The SMILES string of the molecule is CC[C@@H](C(=O)NC1CCCCC1)N(Cc1ccc(Cl)cc1)C(=O)CCCN(c1ccc2c(c1)OCCO2)S(C)(=O)=O. The fourth-order valence-electron chi connectivity index (χ4n) is 5.44. The van der Waals surface area contributed by atoms with Gasteiger partial charge in [0.25, 0.3) is 0 Å². The fraction of sp³-hybridized carbons (Fsp3) is 0.533. The highest BCUT2D eigenvalue weighted by Gasteiger charge is 2.30. The summed E-state index contributed by atoms with van der Waals surface area (Å²) < 4.78 is 37.9. The van der Waals surface area contributed by atoms with Gasteiger partial charge in [-0.3, -0.25) is 13.9 Å². The molecule has 0 radical (unpaired) electrons. The minimum atomic E-state index is -3.63. The molecule has 1 fully saturated rings. The quantitative estimate of drug-likeness (QED) is 0.368. The summed E-state index contributed by atoms with van der Waals surface area (Å²) in [6, 6.07) is 11.7. The smallest absolute Gasteiger partial charge is 0.243 e. The molecule has 2 aromatic carbocycles. The maximum absolute atomic E-state index is 13.7. The van der Waals surface area contributed by atoms with Gasteiger partial charge in [-0.05, 0) is 55.5 Å². The predicted molar refractivity (Wildman–Crippen MR) is 160 cm³/mol. The Morgan fingerprint density at radius 2 is 1.71 bits per heavy atom. The molecule has 4 rings (SSSR count). The van der Waals surface area contributed by atoms with E-state index in [9.17, 15) is 18.0 Å². The number of anilines is 1. The summed E-state index contributed by atoms with van der Waals surface area (Å²) in [6.45, 7) is 3.09. The number of sulfonamides is 1. The number of nitrogens with one attached hydrogen (secondary N) is 1. The van der Waals surface area contributed by atoms with Gasteiger partial charge in [-0.15, -0.1) is 0 Å². The van der Waals surface area contributed by atoms with Crippen LogP contribution in [0.5, 0.6) is 11.5 Å². The Hall–Kier alpha value is -2.98. The molecule has 1 aliphatic heterocycles. The molecule has 0 aromatic heterocycles. The number of fused-ring (bicyclic) bond motifs is 1. The number of hydrogen-bond donors (Lipinski definition) is 1. The van der Waals surface area contributed by atoms with Gasteiger partial charge in [-0.1, -0.05) is 49.9 Å². The van der Waals surface area contributed by atoms with E-state index < -0.39 is 16.1 Å². The van der Waals surface area contributed by atoms with Crippen LogP contribution in [0.4, 0.5) is 5.69 Å². The van der Waals surface area contributed by atoms with Crippen LogP contribution in [0.25, 0.3) is 0 Å². The number of halogens is 1. The second kappa shape index (κ2) is 14.3. The van der Waals surface area contributed by atoms with Gasteiger partial charge in [0.05, 0.1) is 11.9 Å². The molecule has 0 unspecified atom stereocenters. The molecule has 1 saturated carbocycles. The van der Waals surface area contributed by atoms with E-state index in [-0.39, 0.29) is 43.8 Å². The van der Waals surface area contributed by atoms with E-state index in [0.717, 1.165) is 37.5 Å². The van der Waals surface area contributed by atoms with Crippen LogP contribution < -0.4 is 19.1 Å². The number of benzene rings is 2. The number of rotatable bonds is 12. The van der Waals surface area contributed by atoms with E-state index in [1.54, 1.807) is 35.2 Å². The molecule has 9 nitrogen and oxygen atoms in total. The number of carbonyl (C=O) groups is 2. The molecule has 2 aromatic rings. The van der Waals surface area contributed by atoms with Crippen molar-refractivity contribution in [1.82, 2.24) is 10.2 Å². The van der Waals surface area contributed by atoms with Crippen LogP contribution in [0, 0.1) is 0 Å². The molecule has 224 valence electrons. The second-order valence-electron chi connectivity index (χ2n) is 10.7. The summed E-state index contributed by atoms with van der Waals surface area (Å²) in [5, 5.41) is 3.77. The molecule has 41 heavy (non-hydrogen) atoms. The van der Waals surface area contributed by atoms with Crippen LogP contribution >= 0.6 is 11.6 Å². The van der Waals surface area contributed by atoms with Crippen LogP contribution in [0.2, 0.25) is 5.02 Å². The number of hydrogen-bond acceptors (Lipinski definition) is 6. The van der Waals surface area contributed by atoms with E-state index in [1.807, 2.05) is 19.1 Å². The lowest BCUT2D eigenvalue weighted by atomic mass is 9.95. The van der Waals surface area contributed by atoms with Crippen molar-refractivity contribution in [2.24, 2.45) is 0 Å². The summed E-state index contributed by atoms with van der Waals surface area (Å²) in [5.74, 6) is 0.706. The predicted octanol–water partition coefficient (Wildman–Crippen LogP) is 4.91. The minimum absolute atomic E-state index is 0.0807. The highest BCUT2D eigenvalue weighted by molar-refractivity contribution is 7.92. The maximum atomic E-state index is 13.7. The lowest BCUT2D eigenvalue weighted by Crippen LogP contribution is -2.51. The third-order valence-electron chi connectivity index (χ3n) is 7.57. The van der Waals surface area contributed by atoms with Crippen LogP contribution in [-0.4, -0.2) is 63.2 Å². The van der Waals surface area contributed by atoms with Crippen LogP contribution in [-0.2, 0) is 26.2 Å². The van der Waals surface area contributed by atoms with Crippen molar-refractivity contribution in [2.45, 2.75) is 76.9 Å². The summed E-state index contributed by atoms with van der Waals surface area (Å²) in [4.78, 5) is 28.7. The molecule has 11 heteroatoms. The average Bonchev–Trinajstić information content (AvgIpc) is 2.95. The van der Waals surface area contributed by atoms with E-state index in [0.29, 0.717) is 41.8 Å². The van der Waals surface area contributed by atoms with Crippen molar-refractivity contribution in [2.75, 3.05) is 30.3 Å². The molecule has 1 atom stereocenters. The summed E-state index contributed by atoms with van der Waals surface area (Å²) >= 11 is 6.07. The molecule has 0 spiro atoms. The molecule has 1 heterocycles. The van der Waals surface area contributed by atoms with Gasteiger partial charge in [-0.2, -0.15) is 0 Å². The summed E-state index contributed by atoms with van der Waals surface area (Å²) in [6.07, 6.45) is 7.23. The Labute approximate surface area is 248 Å². The molecular formula is C30H40ClN3O6S. The van der Waals surface area contributed by atoms with Gasteiger partial charge in [-0.25, -0.2) is 8.42 Å². The van der Waals surface area contributed by atoms with Crippen LogP contribution in [0.15, 0.2) is 42.5 Å².